The first-order valence-corrected chi connectivity index (χ1v) is 10.4. The molecule has 4 rings (SSSR count). The minimum atomic E-state index is -0.168. The van der Waals surface area contributed by atoms with Gasteiger partial charge >= 0.3 is 0 Å². The van der Waals surface area contributed by atoms with Crippen molar-refractivity contribution in [1.29, 1.82) is 0 Å². The summed E-state index contributed by atoms with van der Waals surface area (Å²) in [7, 11) is 1.64. The van der Waals surface area contributed by atoms with Gasteiger partial charge in [-0.15, -0.1) is 0 Å². The van der Waals surface area contributed by atoms with Crippen molar-refractivity contribution in [3.63, 3.8) is 0 Å². The molecular weight excluding hydrogens is 378 g/mol. The minimum absolute atomic E-state index is 0.0179. The van der Waals surface area contributed by atoms with Gasteiger partial charge in [0.25, 0.3) is 0 Å². The molecule has 1 amide bonds. The van der Waals surface area contributed by atoms with Crippen LogP contribution in [0.3, 0.4) is 0 Å². The second-order valence-corrected chi connectivity index (χ2v) is 8.06. The van der Waals surface area contributed by atoms with Gasteiger partial charge in [0.2, 0.25) is 5.91 Å². The summed E-state index contributed by atoms with van der Waals surface area (Å²) < 4.78 is 7.01. The van der Waals surface area contributed by atoms with E-state index < -0.39 is 0 Å². The number of aryl methyl sites for hydroxylation is 2. The fourth-order valence-corrected chi connectivity index (χ4v) is 4.22. The molecule has 1 atom stereocenters. The summed E-state index contributed by atoms with van der Waals surface area (Å²) in [5.74, 6) is 0.755. The van der Waals surface area contributed by atoms with Crippen LogP contribution in [0.5, 0.6) is 5.75 Å². The molecule has 2 heterocycles. The van der Waals surface area contributed by atoms with Gasteiger partial charge in [0.05, 0.1) is 12.8 Å². The third-order valence-corrected chi connectivity index (χ3v) is 5.87. The Labute approximate surface area is 176 Å². The zero-order valence-electron chi connectivity index (χ0n) is 17.7. The number of likely N-dealkylation sites (tertiary alicyclic amines) is 1. The second-order valence-electron chi connectivity index (χ2n) is 8.06. The van der Waals surface area contributed by atoms with Crippen LogP contribution in [0, 0.1) is 19.8 Å². The average molecular weight is 405 g/mol. The Morgan fingerprint density at radius 2 is 1.87 bits per heavy atom. The highest BCUT2D eigenvalue weighted by Crippen LogP contribution is 2.26. The van der Waals surface area contributed by atoms with Gasteiger partial charge < -0.3 is 9.64 Å². The minimum Gasteiger partial charge on any atom is -0.497 e. The average Bonchev–Trinajstić information content (AvgIpc) is 3.08. The molecule has 1 aliphatic heterocycles. The van der Waals surface area contributed by atoms with E-state index in [1.165, 1.54) is 0 Å². The predicted octanol–water partition coefficient (Wildman–Crippen LogP) is 3.78. The monoisotopic (exact) mass is 405 g/mol. The summed E-state index contributed by atoms with van der Waals surface area (Å²) in [6.45, 7) is 5.25. The van der Waals surface area contributed by atoms with Gasteiger partial charge in [0.15, 0.2) is 5.78 Å². The van der Waals surface area contributed by atoms with E-state index in [9.17, 15) is 9.59 Å². The lowest BCUT2D eigenvalue weighted by atomic mass is 9.89. The van der Waals surface area contributed by atoms with Gasteiger partial charge in [0, 0.05) is 30.3 Å². The standard InChI is InChI=1S/C24H27N3O3/c1-16-11-17(2)27(25-16)15-23(28)26-10-4-5-21(14-26)24(29)20-7-6-19-13-22(30-3)9-8-18(19)12-20/h6-9,11-13,21H,4-5,10,14-15H2,1-3H3/t21-/m0/s1. The molecule has 3 aromatic rings. The van der Waals surface area contributed by atoms with E-state index in [4.69, 9.17) is 4.74 Å². The molecular formula is C24H27N3O3. The Balaban J connectivity index is 1.47. The van der Waals surface area contributed by atoms with E-state index in [0.29, 0.717) is 18.7 Å². The summed E-state index contributed by atoms with van der Waals surface area (Å²) in [5, 5.41) is 6.43. The number of piperidine rings is 1. The Morgan fingerprint density at radius 3 is 2.60 bits per heavy atom. The maximum absolute atomic E-state index is 13.2. The van der Waals surface area contributed by atoms with E-state index >= 15 is 0 Å². The van der Waals surface area contributed by atoms with Crippen LogP contribution < -0.4 is 4.74 Å². The van der Waals surface area contributed by atoms with Crippen LogP contribution in [0.1, 0.15) is 34.6 Å². The van der Waals surface area contributed by atoms with Gasteiger partial charge in [-0.25, -0.2) is 0 Å². The van der Waals surface area contributed by atoms with E-state index in [0.717, 1.165) is 40.8 Å². The summed E-state index contributed by atoms with van der Waals surface area (Å²) in [4.78, 5) is 27.8. The molecule has 1 aliphatic rings. The molecule has 0 radical (unpaired) electrons. The van der Waals surface area contributed by atoms with Crippen molar-refractivity contribution in [2.45, 2.75) is 33.2 Å². The van der Waals surface area contributed by atoms with Gasteiger partial charge in [-0.2, -0.15) is 5.10 Å². The van der Waals surface area contributed by atoms with Crippen LogP contribution in [0.15, 0.2) is 42.5 Å². The van der Waals surface area contributed by atoms with Crippen LogP contribution in [0.25, 0.3) is 10.8 Å². The first kappa shape index (κ1) is 20.1. The first-order chi connectivity index (χ1) is 14.4. The first-order valence-electron chi connectivity index (χ1n) is 10.4. The Bertz CT molecular complexity index is 1100. The number of fused-ring (bicyclic) bond motifs is 1. The molecule has 0 saturated carbocycles. The topological polar surface area (TPSA) is 64.4 Å². The van der Waals surface area contributed by atoms with Crippen molar-refractivity contribution in [3.05, 3.63) is 59.4 Å². The SMILES string of the molecule is COc1ccc2cc(C(=O)[C@H]3CCCN(C(=O)Cn4nc(C)cc4C)C3)ccc2c1. The quantitative estimate of drug-likeness (QED) is 0.606. The maximum Gasteiger partial charge on any atom is 0.244 e. The number of amides is 1. The highest BCUT2D eigenvalue weighted by molar-refractivity contribution is 6.01. The number of hydrogen-bond acceptors (Lipinski definition) is 4. The molecule has 0 N–H and O–H groups in total. The van der Waals surface area contributed by atoms with Crippen molar-refractivity contribution in [2.75, 3.05) is 20.2 Å². The number of carbonyl (C=O) groups excluding carboxylic acids is 2. The number of nitrogens with zero attached hydrogens (tertiary/aromatic N) is 3. The number of rotatable bonds is 5. The van der Waals surface area contributed by atoms with Gasteiger partial charge in [-0.3, -0.25) is 14.3 Å². The molecule has 6 nitrogen and oxygen atoms in total. The van der Waals surface area contributed by atoms with Gasteiger partial charge in [0.1, 0.15) is 12.3 Å². The third-order valence-electron chi connectivity index (χ3n) is 5.87. The Kier molecular flexibility index (Phi) is 5.57. The number of methoxy groups -OCH3 is 1. The molecule has 0 spiro atoms. The third kappa shape index (κ3) is 4.08. The maximum atomic E-state index is 13.2. The molecule has 6 heteroatoms. The summed E-state index contributed by atoms with van der Waals surface area (Å²) in [6, 6.07) is 13.6. The zero-order chi connectivity index (χ0) is 21.3. The molecule has 156 valence electrons. The normalized spacial score (nSPS) is 16.6. The number of ether oxygens (including phenoxy) is 1. The number of benzene rings is 2. The lowest BCUT2D eigenvalue weighted by Gasteiger charge is -2.32. The largest absolute Gasteiger partial charge is 0.497 e. The molecule has 1 aromatic heterocycles. The van der Waals surface area contributed by atoms with E-state index in [1.54, 1.807) is 11.8 Å². The van der Waals surface area contributed by atoms with Crippen LogP contribution in [-0.4, -0.2) is 46.6 Å². The fourth-order valence-electron chi connectivity index (χ4n) is 4.22. The number of ketones is 1. The molecule has 1 fully saturated rings. The molecule has 30 heavy (non-hydrogen) atoms. The van der Waals surface area contributed by atoms with Crippen LogP contribution >= 0.6 is 0 Å². The summed E-state index contributed by atoms with van der Waals surface area (Å²) >= 11 is 0. The van der Waals surface area contributed by atoms with Crippen molar-refractivity contribution in [1.82, 2.24) is 14.7 Å². The van der Waals surface area contributed by atoms with E-state index in [2.05, 4.69) is 5.10 Å². The van der Waals surface area contributed by atoms with Gasteiger partial charge in [-0.1, -0.05) is 18.2 Å². The molecule has 2 aromatic carbocycles. The number of carbonyl (C=O) groups is 2. The Hall–Kier alpha value is -3.15. The Morgan fingerprint density at radius 1 is 1.10 bits per heavy atom. The summed E-state index contributed by atoms with van der Waals surface area (Å²) in [5.41, 5.74) is 2.57. The predicted molar refractivity (Wildman–Crippen MR) is 116 cm³/mol. The highest BCUT2D eigenvalue weighted by Gasteiger charge is 2.29. The zero-order valence-corrected chi connectivity index (χ0v) is 17.7. The van der Waals surface area contributed by atoms with Crippen molar-refractivity contribution in [2.24, 2.45) is 5.92 Å². The smallest absolute Gasteiger partial charge is 0.244 e. The number of aromatic nitrogens is 2. The molecule has 0 unspecified atom stereocenters. The summed E-state index contributed by atoms with van der Waals surface area (Å²) in [6.07, 6.45) is 1.65. The molecule has 0 bridgehead atoms. The van der Waals surface area contributed by atoms with E-state index in [1.807, 2.05) is 61.2 Å². The lowest BCUT2D eigenvalue weighted by molar-refractivity contribution is -0.133. The highest BCUT2D eigenvalue weighted by atomic mass is 16.5. The molecule has 0 aliphatic carbocycles. The second kappa shape index (κ2) is 8.30. The van der Waals surface area contributed by atoms with Crippen LogP contribution in [0.2, 0.25) is 0 Å². The number of Topliss-reactive ketones (excluding diaryl/α,β-unsaturated/α-hetero) is 1. The van der Waals surface area contributed by atoms with Crippen molar-refractivity contribution in [3.8, 4) is 5.75 Å². The lowest BCUT2D eigenvalue weighted by Crippen LogP contribution is -2.43. The van der Waals surface area contributed by atoms with E-state index in [-0.39, 0.29) is 24.2 Å². The van der Waals surface area contributed by atoms with Gasteiger partial charge in [-0.05, 0) is 61.7 Å². The van der Waals surface area contributed by atoms with Crippen molar-refractivity contribution < 1.29 is 14.3 Å². The fraction of sp³-hybridized carbons (Fsp3) is 0.375. The van der Waals surface area contributed by atoms with Crippen LogP contribution in [0.4, 0.5) is 0 Å². The number of hydrogen-bond donors (Lipinski definition) is 0. The van der Waals surface area contributed by atoms with Crippen molar-refractivity contribution >= 4 is 22.5 Å². The van der Waals surface area contributed by atoms with Crippen LogP contribution in [-0.2, 0) is 11.3 Å². The molecule has 1 saturated heterocycles.